The fourth-order valence-corrected chi connectivity index (χ4v) is 3.17. The zero-order chi connectivity index (χ0) is 21.8. The van der Waals surface area contributed by atoms with E-state index < -0.39 is 23.6 Å². The van der Waals surface area contributed by atoms with Gasteiger partial charge in [0.15, 0.2) is 5.82 Å². The molecular formula is C22H22N6O3. The van der Waals surface area contributed by atoms with E-state index in [-0.39, 0.29) is 18.2 Å². The fourth-order valence-electron chi connectivity index (χ4n) is 3.17. The van der Waals surface area contributed by atoms with Gasteiger partial charge in [0.05, 0.1) is 11.9 Å². The smallest absolute Gasteiger partial charge is 0.289 e. The molecule has 1 saturated carbocycles. The Hall–Kier alpha value is -3.88. The van der Waals surface area contributed by atoms with Crippen molar-refractivity contribution in [3.63, 3.8) is 0 Å². The summed E-state index contributed by atoms with van der Waals surface area (Å²) in [5.74, 6) is -1.51. The number of rotatable bonds is 8. The Morgan fingerprint density at radius 2 is 1.94 bits per heavy atom. The summed E-state index contributed by atoms with van der Waals surface area (Å²) in [6.07, 6.45) is 6.43. The SMILES string of the molecule is Cc1cc(C(=O)N[C@@H](Cc2ccccc2)C(=O)C(=O)NC2CC2)n(-c2cnccn2)n1. The Kier molecular flexibility index (Phi) is 5.83. The first-order chi connectivity index (χ1) is 15.0. The average Bonchev–Trinajstić information content (AvgIpc) is 3.51. The molecule has 9 nitrogen and oxygen atoms in total. The highest BCUT2D eigenvalue weighted by atomic mass is 16.2. The molecule has 9 heteroatoms. The summed E-state index contributed by atoms with van der Waals surface area (Å²) >= 11 is 0. The second-order valence-electron chi connectivity index (χ2n) is 7.47. The Morgan fingerprint density at radius 3 is 2.61 bits per heavy atom. The van der Waals surface area contributed by atoms with Gasteiger partial charge in [0.25, 0.3) is 11.8 Å². The number of hydrogen-bond donors (Lipinski definition) is 2. The number of hydrogen-bond acceptors (Lipinski definition) is 6. The normalized spacial score (nSPS) is 14.0. The lowest BCUT2D eigenvalue weighted by atomic mass is 10.0. The number of carbonyl (C=O) groups excluding carboxylic acids is 3. The van der Waals surface area contributed by atoms with Gasteiger partial charge in [0.1, 0.15) is 11.7 Å². The highest BCUT2D eigenvalue weighted by Gasteiger charge is 2.32. The van der Waals surface area contributed by atoms with Crippen molar-refractivity contribution in [2.75, 3.05) is 0 Å². The molecule has 0 unspecified atom stereocenters. The van der Waals surface area contributed by atoms with E-state index in [0.717, 1.165) is 18.4 Å². The molecule has 0 radical (unpaired) electrons. The molecule has 1 aliphatic rings. The van der Waals surface area contributed by atoms with Crippen LogP contribution in [0, 0.1) is 6.92 Å². The molecule has 1 aliphatic carbocycles. The van der Waals surface area contributed by atoms with Gasteiger partial charge in [-0.3, -0.25) is 19.4 Å². The van der Waals surface area contributed by atoms with Crippen molar-refractivity contribution in [3.8, 4) is 5.82 Å². The van der Waals surface area contributed by atoms with Crippen molar-refractivity contribution in [1.82, 2.24) is 30.4 Å². The monoisotopic (exact) mass is 418 g/mol. The van der Waals surface area contributed by atoms with Gasteiger partial charge in [-0.1, -0.05) is 30.3 Å². The van der Waals surface area contributed by atoms with Gasteiger partial charge in [-0.05, 0) is 31.4 Å². The zero-order valence-corrected chi connectivity index (χ0v) is 17.0. The molecule has 0 aliphatic heterocycles. The second kappa shape index (κ2) is 8.86. The maximum Gasteiger partial charge on any atom is 0.289 e. The van der Waals surface area contributed by atoms with Crippen LogP contribution in [0.1, 0.15) is 34.6 Å². The van der Waals surface area contributed by atoms with Crippen molar-refractivity contribution in [2.24, 2.45) is 0 Å². The van der Waals surface area contributed by atoms with Crippen LogP contribution in [0.15, 0.2) is 55.0 Å². The van der Waals surface area contributed by atoms with Crippen LogP contribution in [0.5, 0.6) is 0 Å². The second-order valence-corrected chi connectivity index (χ2v) is 7.47. The third kappa shape index (κ3) is 5.00. The van der Waals surface area contributed by atoms with Crippen molar-refractivity contribution >= 4 is 17.6 Å². The highest BCUT2D eigenvalue weighted by molar-refractivity contribution is 6.38. The van der Waals surface area contributed by atoms with Crippen molar-refractivity contribution in [2.45, 2.75) is 38.3 Å². The lowest BCUT2D eigenvalue weighted by Gasteiger charge is -2.18. The van der Waals surface area contributed by atoms with Crippen LogP contribution in [-0.4, -0.2) is 49.4 Å². The van der Waals surface area contributed by atoms with Gasteiger partial charge >= 0.3 is 0 Å². The Bertz CT molecular complexity index is 1090. The molecule has 0 spiro atoms. The molecule has 0 saturated heterocycles. The summed E-state index contributed by atoms with van der Waals surface area (Å²) in [6, 6.07) is 9.87. The number of ketones is 1. The molecular weight excluding hydrogens is 396 g/mol. The van der Waals surface area contributed by atoms with E-state index in [4.69, 9.17) is 0 Å². The van der Waals surface area contributed by atoms with Crippen LogP contribution < -0.4 is 10.6 Å². The van der Waals surface area contributed by atoms with Crippen molar-refractivity contribution < 1.29 is 14.4 Å². The molecule has 1 atom stereocenters. The zero-order valence-electron chi connectivity index (χ0n) is 17.0. The van der Waals surface area contributed by atoms with E-state index in [2.05, 4.69) is 25.7 Å². The van der Waals surface area contributed by atoms with Gasteiger partial charge in [-0.15, -0.1) is 0 Å². The number of aromatic nitrogens is 4. The molecule has 0 bridgehead atoms. The summed E-state index contributed by atoms with van der Waals surface area (Å²) in [5, 5.41) is 9.73. The van der Waals surface area contributed by atoms with Gasteiger partial charge in [-0.2, -0.15) is 5.10 Å². The van der Waals surface area contributed by atoms with Crippen LogP contribution in [0.3, 0.4) is 0 Å². The Balaban J connectivity index is 1.58. The molecule has 2 aromatic heterocycles. The molecule has 1 fully saturated rings. The summed E-state index contributed by atoms with van der Waals surface area (Å²) in [6.45, 7) is 1.75. The number of nitrogens with zero attached hydrogens (tertiary/aromatic N) is 4. The first-order valence-corrected chi connectivity index (χ1v) is 10.0. The van der Waals surface area contributed by atoms with Crippen LogP contribution in [0.2, 0.25) is 0 Å². The minimum absolute atomic E-state index is 0.0465. The molecule has 158 valence electrons. The largest absolute Gasteiger partial charge is 0.347 e. The topological polar surface area (TPSA) is 119 Å². The van der Waals surface area contributed by atoms with E-state index in [1.807, 2.05) is 30.3 Å². The first-order valence-electron chi connectivity index (χ1n) is 10.0. The third-order valence-electron chi connectivity index (χ3n) is 4.87. The molecule has 2 N–H and O–H groups in total. The van der Waals surface area contributed by atoms with E-state index in [1.165, 1.54) is 23.3 Å². The van der Waals surface area contributed by atoms with Gasteiger partial charge in [0, 0.05) is 24.9 Å². The lowest BCUT2D eigenvalue weighted by Crippen LogP contribution is -2.49. The molecule has 3 aromatic rings. The number of benzene rings is 1. The molecule has 2 heterocycles. The molecule has 1 aromatic carbocycles. The van der Waals surface area contributed by atoms with Crippen molar-refractivity contribution in [1.29, 1.82) is 0 Å². The van der Waals surface area contributed by atoms with E-state index in [9.17, 15) is 14.4 Å². The highest BCUT2D eigenvalue weighted by Crippen LogP contribution is 2.18. The molecule has 2 amide bonds. The van der Waals surface area contributed by atoms with E-state index in [1.54, 1.807) is 13.0 Å². The van der Waals surface area contributed by atoms with Crippen LogP contribution in [0.4, 0.5) is 0 Å². The lowest BCUT2D eigenvalue weighted by molar-refractivity contribution is -0.139. The first kappa shape index (κ1) is 20.4. The third-order valence-corrected chi connectivity index (χ3v) is 4.87. The minimum Gasteiger partial charge on any atom is -0.347 e. The maximum absolute atomic E-state index is 13.1. The Morgan fingerprint density at radius 1 is 1.16 bits per heavy atom. The van der Waals surface area contributed by atoms with Gasteiger partial charge < -0.3 is 10.6 Å². The summed E-state index contributed by atoms with van der Waals surface area (Å²) < 4.78 is 1.37. The van der Waals surface area contributed by atoms with Crippen LogP contribution in [0.25, 0.3) is 5.82 Å². The fraction of sp³-hybridized carbons (Fsp3) is 0.273. The average molecular weight is 418 g/mol. The van der Waals surface area contributed by atoms with E-state index >= 15 is 0 Å². The van der Waals surface area contributed by atoms with Gasteiger partial charge in [0.2, 0.25) is 5.78 Å². The minimum atomic E-state index is -1.01. The van der Waals surface area contributed by atoms with Crippen LogP contribution >= 0.6 is 0 Å². The number of Topliss-reactive ketones (excluding diaryl/α,β-unsaturated/α-hetero) is 1. The number of amides is 2. The summed E-state index contributed by atoms with van der Waals surface area (Å²) in [7, 11) is 0. The van der Waals surface area contributed by atoms with Gasteiger partial charge in [-0.25, -0.2) is 9.67 Å². The molecule has 31 heavy (non-hydrogen) atoms. The van der Waals surface area contributed by atoms with Crippen LogP contribution in [-0.2, 0) is 16.0 Å². The number of nitrogens with one attached hydrogen (secondary N) is 2. The number of aryl methyl sites for hydroxylation is 1. The Labute approximate surface area is 178 Å². The predicted molar refractivity (Wildman–Crippen MR) is 111 cm³/mol. The summed E-state index contributed by atoms with van der Waals surface area (Å²) in [4.78, 5) is 46.6. The standard InChI is InChI=1S/C22H22N6O3/c1-14-11-18(28(27-14)19-13-23-9-10-24-19)21(30)26-17(12-15-5-3-2-4-6-15)20(29)22(31)25-16-7-8-16/h2-6,9-11,13,16-17H,7-8,12H2,1H3,(H,25,31)(H,26,30)/t17-/m0/s1. The molecule has 4 rings (SSSR count). The maximum atomic E-state index is 13.1. The quantitative estimate of drug-likeness (QED) is 0.530. The van der Waals surface area contributed by atoms with E-state index in [0.29, 0.717) is 11.5 Å². The summed E-state index contributed by atoms with van der Waals surface area (Å²) in [5.41, 5.74) is 1.64. The number of carbonyl (C=O) groups is 3. The predicted octanol–water partition coefficient (Wildman–Crippen LogP) is 1.16. The van der Waals surface area contributed by atoms with Crippen molar-refractivity contribution in [3.05, 3.63) is 71.9 Å².